The Balaban J connectivity index is 1.91. The van der Waals surface area contributed by atoms with Gasteiger partial charge in [-0.3, -0.25) is 0 Å². The third kappa shape index (κ3) is 5.26. The van der Waals surface area contributed by atoms with Crippen LogP contribution in [0.2, 0.25) is 0 Å². The Morgan fingerprint density at radius 2 is 1.37 bits per heavy atom. The van der Waals surface area contributed by atoms with E-state index in [4.69, 9.17) is 14.2 Å². The average molecular weight is 407 g/mol. The topological polar surface area (TPSA) is 73.8 Å². The SMILES string of the molecule is COc1ccc(CN(Cc2ccc(OC)cc2)c2ncc(CC=O)c(OC)n2)cc1. The minimum Gasteiger partial charge on any atom is -0.497 e. The van der Waals surface area contributed by atoms with Gasteiger partial charge in [0, 0.05) is 31.3 Å². The molecular weight excluding hydrogens is 382 g/mol. The van der Waals surface area contributed by atoms with Crippen molar-refractivity contribution < 1.29 is 19.0 Å². The van der Waals surface area contributed by atoms with Crippen LogP contribution in [0.1, 0.15) is 16.7 Å². The van der Waals surface area contributed by atoms with Crippen LogP contribution in [0.25, 0.3) is 0 Å². The van der Waals surface area contributed by atoms with Crippen LogP contribution < -0.4 is 19.1 Å². The summed E-state index contributed by atoms with van der Waals surface area (Å²) in [5, 5.41) is 0. The molecule has 7 heteroatoms. The molecule has 0 spiro atoms. The monoisotopic (exact) mass is 407 g/mol. The first-order chi connectivity index (χ1) is 14.7. The van der Waals surface area contributed by atoms with Gasteiger partial charge < -0.3 is 23.9 Å². The molecule has 0 N–H and O–H groups in total. The highest BCUT2D eigenvalue weighted by Gasteiger charge is 2.15. The molecule has 0 saturated heterocycles. The lowest BCUT2D eigenvalue weighted by atomic mass is 10.1. The van der Waals surface area contributed by atoms with E-state index in [2.05, 4.69) is 14.9 Å². The lowest BCUT2D eigenvalue weighted by molar-refractivity contribution is -0.107. The van der Waals surface area contributed by atoms with Crippen LogP contribution in [0.4, 0.5) is 5.95 Å². The Kier molecular flexibility index (Phi) is 7.21. The Morgan fingerprint density at radius 3 is 1.80 bits per heavy atom. The van der Waals surface area contributed by atoms with E-state index in [0.29, 0.717) is 30.5 Å². The Morgan fingerprint density at radius 1 is 0.833 bits per heavy atom. The van der Waals surface area contributed by atoms with Crippen molar-refractivity contribution in [1.29, 1.82) is 0 Å². The van der Waals surface area contributed by atoms with Crippen molar-refractivity contribution in [2.75, 3.05) is 26.2 Å². The van der Waals surface area contributed by atoms with Crippen LogP contribution in [0.3, 0.4) is 0 Å². The zero-order chi connectivity index (χ0) is 21.3. The van der Waals surface area contributed by atoms with Crippen molar-refractivity contribution in [2.45, 2.75) is 19.5 Å². The summed E-state index contributed by atoms with van der Waals surface area (Å²) in [5.74, 6) is 2.53. The maximum Gasteiger partial charge on any atom is 0.229 e. The van der Waals surface area contributed by atoms with Crippen LogP contribution in [0.15, 0.2) is 54.7 Å². The largest absolute Gasteiger partial charge is 0.497 e. The molecule has 0 unspecified atom stereocenters. The first-order valence-corrected chi connectivity index (χ1v) is 9.51. The first kappa shape index (κ1) is 21.1. The smallest absolute Gasteiger partial charge is 0.229 e. The molecule has 3 aromatic rings. The van der Waals surface area contributed by atoms with Gasteiger partial charge in [0.2, 0.25) is 11.8 Å². The van der Waals surface area contributed by atoms with Crippen molar-refractivity contribution in [3.63, 3.8) is 0 Å². The molecule has 3 rings (SSSR count). The molecule has 1 aromatic heterocycles. The fourth-order valence-corrected chi connectivity index (χ4v) is 3.04. The fraction of sp³-hybridized carbons (Fsp3) is 0.261. The third-order valence-electron chi connectivity index (χ3n) is 4.66. The molecule has 1 heterocycles. The molecule has 156 valence electrons. The molecule has 2 aromatic carbocycles. The Bertz CT molecular complexity index is 910. The maximum atomic E-state index is 10.9. The van der Waals surface area contributed by atoms with Gasteiger partial charge in [0.25, 0.3) is 0 Å². The molecule has 0 bridgehead atoms. The summed E-state index contributed by atoms with van der Waals surface area (Å²) < 4.78 is 15.9. The van der Waals surface area contributed by atoms with Crippen molar-refractivity contribution in [2.24, 2.45) is 0 Å². The number of carbonyl (C=O) groups excluding carboxylic acids is 1. The number of nitrogens with zero attached hydrogens (tertiary/aromatic N) is 3. The Hall–Kier alpha value is -3.61. The number of benzene rings is 2. The summed E-state index contributed by atoms with van der Waals surface area (Å²) in [5.41, 5.74) is 2.83. The molecule has 0 radical (unpaired) electrons. The van der Waals surface area contributed by atoms with Gasteiger partial charge in [-0.15, -0.1) is 0 Å². The van der Waals surface area contributed by atoms with E-state index in [1.165, 1.54) is 7.11 Å². The van der Waals surface area contributed by atoms with Gasteiger partial charge >= 0.3 is 0 Å². The summed E-state index contributed by atoms with van der Waals surface area (Å²) in [6, 6.07) is 15.8. The van der Waals surface area contributed by atoms with Gasteiger partial charge in [0.05, 0.1) is 21.3 Å². The van der Waals surface area contributed by atoms with Gasteiger partial charge in [0.15, 0.2) is 0 Å². The summed E-state index contributed by atoms with van der Waals surface area (Å²) in [4.78, 5) is 22.0. The summed E-state index contributed by atoms with van der Waals surface area (Å²) in [7, 11) is 4.83. The van der Waals surface area contributed by atoms with Crippen LogP contribution in [0, 0.1) is 0 Å². The van der Waals surface area contributed by atoms with Crippen LogP contribution in [-0.4, -0.2) is 37.6 Å². The first-order valence-electron chi connectivity index (χ1n) is 9.51. The molecule has 0 fully saturated rings. The van der Waals surface area contributed by atoms with E-state index < -0.39 is 0 Å². The molecule has 0 atom stereocenters. The van der Waals surface area contributed by atoms with Crippen molar-refractivity contribution in [3.05, 3.63) is 71.4 Å². The van der Waals surface area contributed by atoms with E-state index in [9.17, 15) is 4.79 Å². The van der Waals surface area contributed by atoms with E-state index in [0.717, 1.165) is 28.9 Å². The highest BCUT2D eigenvalue weighted by atomic mass is 16.5. The summed E-state index contributed by atoms with van der Waals surface area (Å²) in [6.07, 6.45) is 2.67. The highest BCUT2D eigenvalue weighted by molar-refractivity contribution is 5.56. The number of ether oxygens (including phenoxy) is 3. The van der Waals surface area contributed by atoms with E-state index in [1.807, 2.05) is 48.5 Å². The summed E-state index contributed by atoms with van der Waals surface area (Å²) in [6.45, 7) is 1.18. The van der Waals surface area contributed by atoms with Crippen LogP contribution in [-0.2, 0) is 24.3 Å². The summed E-state index contributed by atoms with van der Waals surface area (Å²) >= 11 is 0. The lowest BCUT2D eigenvalue weighted by Gasteiger charge is -2.24. The van der Waals surface area contributed by atoms with Gasteiger partial charge in [-0.25, -0.2) is 4.98 Å². The normalized spacial score (nSPS) is 10.4. The number of carbonyl (C=O) groups is 1. The van der Waals surface area contributed by atoms with Crippen molar-refractivity contribution >= 4 is 12.2 Å². The molecule has 0 aliphatic rings. The van der Waals surface area contributed by atoms with Gasteiger partial charge in [-0.2, -0.15) is 4.98 Å². The van der Waals surface area contributed by atoms with Gasteiger partial charge in [-0.05, 0) is 35.4 Å². The predicted octanol–water partition coefficient (Wildman–Crippen LogP) is 3.45. The van der Waals surface area contributed by atoms with Crippen molar-refractivity contribution in [3.8, 4) is 17.4 Å². The lowest BCUT2D eigenvalue weighted by Crippen LogP contribution is -2.24. The zero-order valence-electron chi connectivity index (χ0n) is 17.4. The van der Waals surface area contributed by atoms with E-state index in [-0.39, 0.29) is 6.42 Å². The number of anilines is 1. The average Bonchev–Trinajstić information content (AvgIpc) is 2.80. The molecule has 0 saturated carbocycles. The third-order valence-corrected chi connectivity index (χ3v) is 4.66. The van der Waals surface area contributed by atoms with Gasteiger partial charge in [0.1, 0.15) is 17.8 Å². The number of aldehydes is 1. The quantitative estimate of drug-likeness (QED) is 0.477. The molecule has 30 heavy (non-hydrogen) atoms. The minimum atomic E-state index is 0.209. The Labute approximate surface area is 176 Å². The van der Waals surface area contributed by atoms with E-state index in [1.54, 1.807) is 20.4 Å². The number of hydrogen-bond acceptors (Lipinski definition) is 7. The van der Waals surface area contributed by atoms with Crippen LogP contribution in [0.5, 0.6) is 17.4 Å². The molecule has 0 aliphatic heterocycles. The number of methoxy groups -OCH3 is 3. The van der Waals surface area contributed by atoms with Gasteiger partial charge in [-0.1, -0.05) is 24.3 Å². The van der Waals surface area contributed by atoms with Crippen LogP contribution >= 0.6 is 0 Å². The molecule has 7 nitrogen and oxygen atoms in total. The number of rotatable bonds is 10. The standard InChI is InChI=1S/C23H25N3O4/c1-28-20-8-4-17(5-9-20)15-26(16-18-6-10-21(29-2)11-7-18)23-24-14-19(12-13-27)22(25-23)30-3/h4-11,13-14H,12,15-16H2,1-3H3. The highest BCUT2D eigenvalue weighted by Crippen LogP contribution is 2.23. The molecule has 0 amide bonds. The number of aromatic nitrogens is 2. The maximum absolute atomic E-state index is 10.9. The second kappa shape index (κ2) is 10.2. The van der Waals surface area contributed by atoms with Crippen molar-refractivity contribution in [1.82, 2.24) is 9.97 Å². The molecule has 0 aliphatic carbocycles. The zero-order valence-corrected chi connectivity index (χ0v) is 17.4. The second-order valence-corrected chi connectivity index (χ2v) is 6.63. The minimum absolute atomic E-state index is 0.209. The predicted molar refractivity (Wildman–Crippen MR) is 114 cm³/mol. The van der Waals surface area contributed by atoms with E-state index >= 15 is 0 Å². The fourth-order valence-electron chi connectivity index (χ4n) is 3.04. The number of hydrogen-bond donors (Lipinski definition) is 0. The molecular formula is C23H25N3O4. The second-order valence-electron chi connectivity index (χ2n) is 6.63.